The minimum Gasteiger partial charge on any atom is -0.466 e. The Morgan fingerprint density at radius 2 is 1.19 bits per heavy atom. The van der Waals surface area contributed by atoms with Gasteiger partial charge in [-0.2, -0.15) is 0 Å². The van der Waals surface area contributed by atoms with Crippen molar-refractivity contribution in [1.29, 1.82) is 0 Å². The van der Waals surface area contributed by atoms with Crippen LogP contribution in [-0.2, 0) is 0 Å². The third-order valence-electron chi connectivity index (χ3n) is 6.15. The van der Waals surface area contributed by atoms with Crippen molar-refractivity contribution in [3.8, 4) is 33.8 Å². The molecule has 5 aromatic rings. The summed E-state index contributed by atoms with van der Waals surface area (Å²) in [6.45, 7) is 5.55. The first-order valence-corrected chi connectivity index (χ1v) is 12.1. The van der Waals surface area contributed by atoms with Crippen LogP contribution in [0, 0.1) is 0 Å². The molecule has 0 fully saturated rings. The molecule has 0 N–H and O–H groups in total. The topological polar surface area (TPSA) is 35.5 Å². The number of hydrogen-bond acceptors (Lipinski definition) is 3. The number of hydrogen-bond donors (Lipinski definition) is 0. The van der Waals surface area contributed by atoms with E-state index in [1.165, 1.54) is 33.7 Å². The van der Waals surface area contributed by atoms with Gasteiger partial charge in [0.05, 0.1) is 11.8 Å². The standard InChI is InChI=1S/C34H26O3/c1-3-5-24-6-7-31-23-30(13-12-29(31)22-24)27-10-8-25(9-11-27)26-14-20-33(21-15-26)37-34(35)28-16-18-32(19-17-28)36-4-2/h3-23H,2H2,1H3/b5-3+. The third kappa shape index (κ3) is 5.52. The fourth-order valence-electron chi connectivity index (χ4n) is 4.24. The molecule has 37 heavy (non-hydrogen) atoms. The van der Waals surface area contributed by atoms with Crippen molar-refractivity contribution in [2.24, 2.45) is 0 Å². The van der Waals surface area contributed by atoms with E-state index in [9.17, 15) is 4.79 Å². The second-order valence-corrected chi connectivity index (χ2v) is 8.62. The summed E-state index contributed by atoms with van der Waals surface area (Å²) in [5.74, 6) is 0.683. The summed E-state index contributed by atoms with van der Waals surface area (Å²) in [5, 5.41) is 2.46. The molecule has 0 radical (unpaired) electrons. The van der Waals surface area contributed by atoms with Crippen LogP contribution in [0.15, 0.2) is 128 Å². The minimum atomic E-state index is -0.421. The number of ether oxygens (including phenoxy) is 2. The number of carbonyl (C=O) groups is 1. The quantitative estimate of drug-likeness (QED) is 0.132. The van der Waals surface area contributed by atoms with Gasteiger partial charge in [-0.1, -0.05) is 79.4 Å². The monoisotopic (exact) mass is 482 g/mol. The molecular formula is C34H26O3. The Balaban J connectivity index is 1.27. The van der Waals surface area contributed by atoms with Crippen LogP contribution >= 0.6 is 0 Å². The minimum absolute atomic E-state index is 0.421. The van der Waals surface area contributed by atoms with Crippen LogP contribution in [0.4, 0.5) is 0 Å². The average molecular weight is 483 g/mol. The molecule has 0 amide bonds. The number of rotatable bonds is 7. The predicted molar refractivity (Wildman–Crippen MR) is 152 cm³/mol. The summed E-state index contributed by atoms with van der Waals surface area (Å²) in [6.07, 6.45) is 5.51. The van der Waals surface area contributed by atoms with Gasteiger partial charge in [0.2, 0.25) is 0 Å². The molecule has 5 rings (SSSR count). The van der Waals surface area contributed by atoms with Crippen molar-refractivity contribution in [2.45, 2.75) is 6.92 Å². The van der Waals surface area contributed by atoms with Gasteiger partial charge in [0, 0.05) is 0 Å². The Morgan fingerprint density at radius 1 is 0.649 bits per heavy atom. The highest BCUT2D eigenvalue weighted by Crippen LogP contribution is 2.29. The van der Waals surface area contributed by atoms with Gasteiger partial charge in [-0.15, -0.1) is 0 Å². The van der Waals surface area contributed by atoms with Gasteiger partial charge in [0.15, 0.2) is 0 Å². The molecule has 180 valence electrons. The van der Waals surface area contributed by atoms with E-state index < -0.39 is 5.97 Å². The highest BCUT2D eigenvalue weighted by atomic mass is 16.5. The van der Waals surface area contributed by atoms with E-state index in [2.05, 4.69) is 79.4 Å². The number of allylic oxidation sites excluding steroid dienone is 1. The van der Waals surface area contributed by atoms with Crippen LogP contribution in [0.5, 0.6) is 11.5 Å². The van der Waals surface area contributed by atoms with Gasteiger partial charge in [-0.05, 0) is 94.0 Å². The summed E-state index contributed by atoms with van der Waals surface area (Å²) < 4.78 is 10.7. The van der Waals surface area contributed by atoms with Crippen molar-refractivity contribution < 1.29 is 14.3 Å². The Kier molecular flexibility index (Phi) is 6.95. The van der Waals surface area contributed by atoms with Gasteiger partial charge in [0.25, 0.3) is 0 Å². The zero-order valence-electron chi connectivity index (χ0n) is 20.6. The summed E-state index contributed by atoms with van der Waals surface area (Å²) in [7, 11) is 0. The van der Waals surface area contributed by atoms with E-state index in [4.69, 9.17) is 9.47 Å². The van der Waals surface area contributed by atoms with E-state index in [1.807, 2.05) is 31.2 Å². The van der Waals surface area contributed by atoms with Crippen molar-refractivity contribution in [2.75, 3.05) is 0 Å². The molecular weight excluding hydrogens is 456 g/mol. The largest absolute Gasteiger partial charge is 0.466 e. The van der Waals surface area contributed by atoms with Crippen LogP contribution in [0.2, 0.25) is 0 Å². The molecule has 0 spiro atoms. The van der Waals surface area contributed by atoms with Crippen LogP contribution < -0.4 is 9.47 Å². The predicted octanol–water partition coefficient (Wildman–Crippen LogP) is 8.95. The molecule has 0 saturated heterocycles. The molecule has 0 aliphatic heterocycles. The first-order chi connectivity index (χ1) is 18.1. The van der Waals surface area contributed by atoms with Crippen molar-refractivity contribution >= 4 is 22.8 Å². The van der Waals surface area contributed by atoms with Crippen LogP contribution in [0.25, 0.3) is 39.1 Å². The zero-order chi connectivity index (χ0) is 25.6. The Morgan fingerprint density at radius 3 is 1.84 bits per heavy atom. The summed E-state index contributed by atoms with van der Waals surface area (Å²) >= 11 is 0. The first-order valence-electron chi connectivity index (χ1n) is 12.1. The molecule has 0 saturated carbocycles. The lowest BCUT2D eigenvalue weighted by molar-refractivity contribution is 0.0735. The second kappa shape index (κ2) is 10.8. The number of carbonyl (C=O) groups excluding carboxylic acids is 1. The van der Waals surface area contributed by atoms with E-state index in [-0.39, 0.29) is 0 Å². The molecule has 3 heteroatoms. The highest BCUT2D eigenvalue weighted by Gasteiger charge is 2.09. The average Bonchev–Trinajstić information content (AvgIpc) is 2.94. The zero-order valence-corrected chi connectivity index (χ0v) is 20.6. The number of fused-ring (bicyclic) bond motifs is 1. The summed E-state index contributed by atoms with van der Waals surface area (Å²) in [5.41, 5.74) is 6.15. The number of benzene rings is 5. The molecule has 0 heterocycles. The van der Waals surface area contributed by atoms with Gasteiger partial charge < -0.3 is 9.47 Å². The van der Waals surface area contributed by atoms with Crippen molar-refractivity contribution in [3.63, 3.8) is 0 Å². The van der Waals surface area contributed by atoms with Crippen molar-refractivity contribution in [3.05, 3.63) is 139 Å². The molecule has 0 bridgehead atoms. The Bertz CT molecular complexity index is 1580. The fraction of sp³-hybridized carbons (Fsp3) is 0.0294. The normalized spacial score (nSPS) is 10.9. The molecule has 0 aliphatic carbocycles. The maximum Gasteiger partial charge on any atom is 0.343 e. The van der Waals surface area contributed by atoms with Gasteiger partial charge >= 0.3 is 5.97 Å². The molecule has 0 aliphatic rings. The van der Waals surface area contributed by atoms with Crippen LogP contribution in [-0.4, -0.2) is 5.97 Å². The van der Waals surface area contributed by atoms with Gasteiger partial charge in [0.1, 0.15) is 11.5 Å². The van der Waals surface area contributed by atoms with Crippen LogP contribution in [0.1, 0.15) is 22.8 Å². The Labute approximate surface area is 216 Å². The first kappa shape index (κ1) is 23.8. The van der Waals surface area contributed by atoms with Gasteiger partial charge in [-0.25, -0.2) is 4.79 Å². The van der Waals surface area contributed by atoms with Gasteiger partial charge in [-0.3, -0.25) is 0 Å². The molecule has 0 unspecified atom stereocenters. The van der Waals surface area contributed by atoms with E-state index in [1.54, 1.807) is 24.3 Å². The van der Waals surface area contributed by atoms with E-state index in [0.717, 1.165) is 11.1 Å². The fourth-order valence-corrected chi connectivity index (χ4v) is 4.24. The summed E-state index contributed by atoms with van der Waals surface area (Å²) in [4.78, 5) is 12.5. The Hall–Kier alpha value is -4.89. The molecule has 0 aromatic heterocycles. The molecule has 3 nitrogen and oxygen atoms in total. The summed E-state index contributed by atoms with van der Waals surface area (Å²) in [6, 6.07) is 35.8. The molecule has 0 atom stereocenters. The van der Waals surface area contributed by atoms with E-state index in [0.29, 0.717) is 17.1 Å². The van der Waals surface area contributed by atoms with E-state index >= 15 is 0 Å². The highest BCUT2D eigenvalue weighted by molar-refractivity contribution is 5.91. The lowest BCUT2D eigenvalue weighted by Crippen LogP contribution is -2.08. The molecule has 5 aromatic carbocycles. The SMILES string of the molecule is C=COc1ccc(C(=O)Oc2ccc(-c3ccc(-c4ccc5cc(/C=C/C)ccc5c4)cc3)cc2)cc1. The van der Waals surface area contributed by atoms with Crippen molar-refractivity contribution in [1.82, 2.24) is 0 Å². The third-order valence-corrected chi connectivity index (χ3v) is 6.15. The smallest absolute Gasteiger partial charge is 0.343 e. The van der Waals surface area contributed by atoms with Crippen LogP contribution in [0.3, 0.4) is 0 Å². The maximum atomic E-state index is 12.5. The lowest BCUT2D eigenvalue weighted by Gasteiger charge is -2.09. The lowest BCUT2D eigenvalue weighted by atomic mass is 9.97. The second-order valence-electron chi connectivity index (χ2n) is 8.62. The number of esters is 1. The maximum absolute atomic E-state index is 12.5.